The highest BCUT2D eigenvalue weighted by atomic mass is 19.4. The van der Waals surface area contributed by atoms with E-state index in [-0.39, 0.29) is 13.2 Å². The zero-order valence-electron chi connectivity index (χ0n) is 10.8. The molecule has 0 heterocycles. The number of aliphatic hydroxyl groups is 2. The van der Waals surface area contributed by atoms with E-state index < -0.39 is 23.6 Å². The van der Waals surface area contributed by atoms with Crippen LogP contribution in [0.3, 0.4) is 0 Å². The van der Waals surface area contributed by atoms with Crippen molar-refractivity contribution in [3.05, 3.63) is 35.9 Å². The third-order valence-electron chi connectivity index (χ3n) is 2.99. The lowest BCUT2D eigenvalue weighted by molar-refractivity contribution is -0.245. The fourth-order valence-electron chi connectivity index (χ4n) is 1.53. The SMILES string of the molecule is C[C@](O)(C(=O)NC[C@H](CO)c1ccccc1)C(F)(F)F. The van der Waals surface area contributed by atoms with Crippen molar-refractivity contribution in [2.45, 2.75) is 24.6 Å². The molecule has 4 nitrogen and oxygen atoms in total. The van der Waals surface area contributed by atoms with Crippen molar-refractivity contribution in [3.63, 3.8) is 0 Å². The lowest BCUT2D eigenvalue weighted by Crippen LogP contribution is -2.55. The van der Waals surface area contributed by atoms with Crippen LogP contribution in [-0.2, 0) is 4.79 Å². The van der Waals surface area contributed by atoms with Gasteiger partial charge in [0.2, 0.25) is 5.60 Å². The van der Waals surface area contributed by atoms with Crippen LogP contribution in [0.1, 0.15) is 18.4 Å². The maximum Gasteiger partial charge on any atom is 0.426 e. The first-order valence-corrected chi connectivity index (χ1v) is 5.93. The van der Waals surface area contributed by atoms with Crippen LogP contribution in [0.25, 0.3) is 0 Å². The second-order valence-electron chi connectivity index (χ2n) is 4.57. The maximum atomic E-state index is 12.5. The smallest absolute Gasteiger partial charge is 0.396 e. The molecule has 0 unspecified atom stereocenters. The van der Waals surface area contributed by atoms with E-state index >= 15 is 0 Å². The molecule has 0 aliphatic rings. The molecular weight excluding hydrogens is 275 g/mol. The molecule has 0 aromatic heterocycles. The Morgan fingerprint density at radius 3 is 2.30 bits per heavy atom. The number of alkyl halides is 3. The van der Waals surface area contributed by atoms with Gasteiger partial charge in [-0.1, -0.05) is 30.3 Å². The average molecular weight is 291 g/mol. The average Bonchev–Trinajstić information content (AvgIpc) is 2.39. The van der Waals surface area contributed by atoms with Crippen molar-refractivity contribution in [1.29, 1.82) is 0 Å². The summed E-state index contributed by atoms with van der Waals surface area (Å²) in [6.07, 6.45) is -5.06. The second kappa shape index (κ2) is 6.23. The molecule has 1 rings (SSSR count). The van der Waals surface area contributed by atoms with Crippen LogP contribution in [0.2, 0.25) is 0 Å². The second-order valence-corrected chi connectivity index (χ2v) is 4.57. The van der Waals surface area contributed by atoms with Gasteiger partial charge >= 0.3 is 6.18 Å². The van der Waals surface area contributed by atoms with Crippen LogP contribution >= 0.6 is 0 Å². The normalized spacial score (nSPS) is 16.3. The van der Waals surface area contributed by atoms with Crippen LogP contribution in [-0.4, -0.2) is 41.0 Å². The van der Waals surface area contributed by atoms with Crippen LogP contribution in [0, 0.1) is 0 Å². The summed E-state index contributed by atoms with van der Waals surface area (Å²) in [6, 6.07) is 8.56. The summed E-state index contributed by atoms with van der Waals surface area (Å²) in [5.41, 5.74) is -2.77. The Labute approximate surface area is 114 Å². The summed E-state index contributed by atoms with van der Waals surface area (Å²) in [6.45, 7) is -0.150. The molecule has 1 aromatic rings. The maximum absolute atomic E-state index is 12.5. The number of hydrogen-bond acceptors (Lipinski definition) is 3. The molecule has 0 spiro atoms. The fourth-order valence-corrected chi connectivity index (χ4v) is 1.53. The molecule has 0 radical (unpaired) electrons. The number of carbonyl (C=O) groups is 1. The molecule has 1 aromatic carbocycles. The molecule has 1 amide bonds. The molecule has 0 fully saturated rings. The molecule has 3 N–H and O–H groups in total. The van der Waals surface area contributed by atoms with Gasteiger partial charge in [0.25, 0.3) is 5.91 Å². The van der Waals surface area contributed by atoms with Gasteiger partial charge < -0.3 is 15.5 Å². The number of amides is 1. The van der Waals surface area contributed by atoms with Gasteiger partial charge in [0, 0.05) is 12.5 Å². The zero-order chi connectivity index (χ0) is 15.4. The van der Waals surface area contributed by atoms with Crippen LogP contribution < -0.4 is 5.32 Å². The molecular formula is C13H16F3NO3. The molecule has 0 aliphatic heterocycles. The lowest BCUT2D eigenvalue weighted by atomic mass is 9.99. The standard InChI is InChI=1S/C13H16F3NO3/c1-12(20,13(14,15)16)11(19)17-7-10(8-18)9-5-3-2-4-6-9/h2-6,10,18,20H,7-8H2,1H3,(H,17,19)/t10-,12+/m1/s1. The van der Waals surface area contributed by atoms with E-state index in [1.54, 1.807) is 30.3 Å². The first kappa shape index (κ1) is 16.5. The summed E-state index contributed by atoms with van der Waals surface area (Å²) in [4.78, 5) is 11.4. The van der Waals surface area contributed by atoms with E-state index in [4.69, 9.17) is 0 Å². The van der Waals surface area contributed by atoms with E-state index in [1.807, 2.05) is 5.32 Å². The minimum Gasteiger partial charge on any atom is -0.396 e. The number of rotatable bonds is 5. The number of carbonyl (C=O) groups excluding carboxylic acids is 1. The topological polar surface area (TPSA) is 69.6 Å². The summed E-state index contributed by atoms with van der Waals surface area (Å²) in [5.74, 6) is -2.08. The highest BCUT2D eigenvalue weighted by Crippen LogP contribution is 2.30. The summed E-state index contributed by atoms with van der Waals surface area (Å²) in [7, 11) is 0. The molecule has 20 heavy (non-hydrogen) atoms. The van der Waals surface area contributed by atoms with Gasteiger partial charge in [-0.25, -0.2) is 0 Å². The van der Waals surface area contributed by atoms with Gasteiger partial charge in [0.15, 0.2) is 0 Å². The third kappa shape index (κ3) is 3.71. The van der Waals surface area contributed by atoms with E-state index in [9.17, 15) is 28.2 Å². The van der Waals surface area contributed by atoms with Crippen molar-refractivity contribution in [3.8, 4) is 0 Å². The van der Waals surface area contributed by atoms with E-state index in [0.29, 0.717) is 12.5 Å². The van der Waals surface area contributed by atoms with Gasteiger partial charge in [-0.3, -0.25) is 4.79 Å². The Hall–Kier alpha value is -1.60. The molecule has 0 saturated heterocycles. The number of nitrogens with one attached hydrogen (secondary N) is 1. The minimum absolute atomic E-state index is 0.203. The highest BCUT2D eigenvalue weighted by molar-refractivity contribution is 5.85. The predicted molar refractivity (Wildman–Crippen MR) is 66.0 cm³/mol. The summed E-state index contributed by atoms with van der Waals surface area (Å²) < 4.78 is 37.4. The Kier molecular flexibility index (Phi) is 5.13. The third-order valence-corrected chi connectivity index (χ3v) is 2.99. The number of hydrogen-bond donors (Lipinski definition) is 3. The first-order chi connectivity index (χ1) is 9.20. The van der Waals surface area contributed by atoms with Crippen LogP contribution in [0.15, 0.2) is 30.3 Å². The molecule has 2 atom stereocenters. The summed E-state index contributed by atoms with van der Waals surface area (Å²) >= 11 is 0. The van der Waals surface area contributed by atoms with Gasteiger partial charge in [-0.2, -0.15) is 13.2 Å². The van der Waals surface area contributed by atoms with Crippen molar-refractivity contribution in [2.75, 3.05) is 13.2 Å². The molecule has 112 valence electrons. The van der Waals surface area contributed by atoms with E-state index in [2.05, 4.69) is 0 Å². The van der Waals surface area contributed by atoms with Crippen molar-refractivity contribution >= 4 is 5.91 Å². The molecule has 7 heteroatoms. The highest BCUT2D eigenvalue weighted by Gasteiger charge is 2.55. The van der Waals surface area contributed by atoms with Gasteiger partial charge in [-0.05, 0) is 12.5 Å². The fraction of sp³-hybridized carbons (Fsp3) is 0.462. The quantitative estimate of drug-likeness (QED) is 0.763. The minimum atomic E-state index is -5.06. The van der Waals surface area contributed by atoms with Crippen LogP contribution in [0.4, 0.5) is 13.2 Å². The van der Waals surface area contributed by atoms with Gasteiger partial charge in [0.05, 0.1) is 6.61 Å². The van der Waals surface area contributed by atoms with Crippen molar-refractivity contribution in [2.24, 2.45) is 0 Å². The zero-order valence-corrected chi connectivity index (χ0v) is 10.8. The Bertz CT molecular complexity index is 446. The number of halogens is 3. The monoisotopic (exact) mass is 291 g/mol. The predicted octanol–water partition coefficient (Wildman–Crippen LogP) is 1.19. The molecule has 0 aliphatic carbocycles. The Morgan fingerprint density at radius 2 is 1.85 bits per heavy atom. The van der Waals surface area contributed by atoms with Crippen LogP contribution in [0.5, 0.6) is 0 Å². The number of benzene rings is 1. The molecule has 0 bridgehead atoms. The van der Waals surface area contributed by atoms with Gasteiger partial charge in [-0.15, -0.1) is 0 Å². The summed E-state index contributed by atoms with van der Waals surface area (Å²) in [5, 5.41) is 20.4. The Balaban J connectivity index is 2.69. The van der Waals surface area contributed by atoms with Crippen molar-refractivity contribution < 1.29 is 28.2 Å². The largest absolute Gasteiger partial charge is 0.426 e. The Morgan fingerprint density at radius 1 is 1.30 bits per heavy atom. The first-order valence-electron chi connectivity index (χ1n) is 5.93. The van der Waals surface area contributed by atoms with E-state index in [1.165, 1.54) is 0 Å². The number of aliphatic hydroxyl groups excluding tert-OH is 1. The lowest BCUT2D eigenvalue weighted by Gasteiger charge is -2.26. The molecule has 0 saturated carbocycles. The van der Waals surface area contributed by atoms with Crippen molar-refractivity contribution in [1.82, 2.24) is 5.32 Å². The van der Waals surface area contributed by atoms with E-state index in [0.717, 1.165) is 0 Å². The van der Waals surface area contributed by atoms with Gasteiger partial charge in [0.1, 0.15) is 0 Å².